The van der Waals surface area contributed by atoms with Gasteiger partial charge in [0.15, 0.2) is 0 Å². The lowest BCUT2D eigenvalue weighted by Crippen LogP contribution is -2.46. The molecule has 0 radical (unpaired) electrons. The molecule has 1 heterocycles. The molecule has 1 saturated heterocycles. The predicted molar refractivity (Wildman–Crippen MR) is 129 cm³/mol. The molecule has 6 nitrogen and oxygen atoms in total. The van der Waals surface area contributed by atoms with Crippen LogP contribution >= 0.6 is 0 Å². The molecule has 2 N–H and O–H groups in total. The monoisotopic (exact) mass is 466 g/mol. The van der Waals surface area contributed by atoms with Crippen molar-refractivity contribution >= 4 is 5.91 Å². The average Bonchev–Trinajstić information content (AvgIpc) is 3.22. The van der Waals surface area contributed by atoms with Gasteiger partial charge in [0.1, 0.15) is 18.0 Å². The number of halogens is 1. The van der Waals surface area contributed by atoms with Crippen molar-refractivity contribution in [3.8, 4) is 5.75 Å². The number of amides is 1. The maximum Gasteiger partial charge on any atom is 0.220 e. The van der Waals surface area contributed by atoms with Gasteiger partial charge in [0.2, 0.25) is 5.91 Å². The first kappa shape index (κ1) is 27.5. The van der Waals surface area contributed by atoms with E-state index in [1.54, 1.807) is 7.11 Å². The minimum atomic E-state index is -0.869. The van der Waals surface area contributed by atoms with Gasteiger partial charge in [-0.3, -0.25) is 9.69 Å². The Hall–Kier alpha value is -1.70. The van der Waals surface area contributed by atoms with Crippen molar-refractivity contribution in [1.82, 2.24) is 10.2 Å². The second-order valence-electron chi connectivity index (χ2n) is 9.05. The number of ether oxygens (including phenoxy) is 2. The van der Waals surface area contributed by atoms with Crippen molar-refractivity contribution in [2.24, 2.45) is 0 Å². The van der Waals surface area contributed by atoms with Gasteiger partial charge in [-0.05, 0) is 43.4 Å². The van der Waals surface area contributed by atoms with E-state index in [4.69, 9.17) is 9.47 Å². The number of hydrogen-bond acceptors (Lipinski definition) is 5. The molecule has 0 bridgehead atoms. The molecule has 188 valence electrons. The highest BCUT2D eigenvalue weighted by atomic mass is 19.1. The molecule has 0 aromatic heterocycles. The molecule has 0 spiro atoms. The molecular formula is C26H43FN2O4. The number of methoxy groups -OCH3 is 1. The topological polar surface area (TPSA) is 71.0 Å². The first-order valence-corrected chi connectivity index (χ1v) is 12.6. The van der Waals surface area contributed by atoms with E-state index >= 15 is 0 Å². The van der Waals surface area contributed by atoms with Crippen LogP contribution in [0.1, 0.15) is 76.4 Å². The number of aliphatic hydroxyl groups is 1. The first-order valence-electron chi connectivity index (χ1n) is 12.6. The summed E-state index contributed by atoms with van der Waals surface area (Å²) in [6.45, 7) is 4.99. The fourth-order valence-electron chi connectivity index (χ4n) is 4.12. The van der Waals surface area contributed by atoms with Gasteiger partial charge in [-0.1, -0.05) is 44.7 Å². The maximum absolute atomic E-state index is 13.7. The second-order valence-corrected chi connectivity index (χ2v) is 9.05. The van der Waals surface area contributed by atoms with E-state index in [-0.39, 0.29) is 5.91 Å². The van der Waals surface area contributed by atoms with Crippen molar-refractivity contribution in [2.75, 3.05) is 40.0 Å². The molecule has 0 saturated carbocycles. The highest BCUT2D eigenvalue weighted by molar-refractivity contribution is 5.76. The highest BCUT2D eigenvalue weighted by Gasteiger charge is 2.29. The number of rotatable bonds is 17. The van der Waals surface area contributed by atoms with Gasteiger partial charge in [0.25, 0.3) is 0 Å². The normalized spacial score (nSPS) is 18.2. The van der Waals surface area contributed by atoms with Gasteiger partial charge >= 0.3 is 0 Å². The lowest BCUT2D eigenvalue weighted by molar-refractivity contribution is -0.123. The molecule has 1 aliphatic rings. The van der Waals surface area contributed by atoms with Gasteiger partial charge in [-0.25, -0.2) is 4.39 Å². The van der Waals surface area contributed by atoms with Crippen molar-refractivity contribution in [3.63, 3.8) is 0 Å². The van der Waals surface area contributed by atoms with E-state index in [0.717, 1.165) is 62.9 Å². The lowest BCUT2D eigenvalue weighted by Gasteiger charge is -2.29. The summed E-state index contributed by atoms with van der Waals surface area (Å²) in [4.78, 5) is 14.6. The summed E-state index contributed by atoms with van der Waals surface area (Å²) in [5.41, 5.74) is 0.720. The first-order chi connectivity index (χ1) is 16.0. The smallest absolute Gasteiger partial charge is 0.220 e. The number of aliphatic hydroxyl groups excluding tert-OH is 1. The number of unbranched alkanes of at least 4 members (excludes halogenated alkanes) is 5. The maximum atomic E-state index is 13.7. The van der Waals surface area contributed by atoms with Gasteiger partial charge in [-0.15, -0.1) is 0 Å². The molecule has 0 aliphatic carbocycles. The van der Waals surface area contributed by atoms with E-state index in [0.29, 0.717) is 39.1 Å². The summed E-state index contributed by atoms with van der Waals surface area (Å²) < 4.78 is 24.4. The van der Waals surface area contributed by atoms with E-state index in [2.05, 4.69) is 12.2 Å². The number of benzene rings is 1. The predicted octanol–water partition coefficient (Wildman–Crippen LogP) is 4.41. The Morgan fingerprint density at radius 3 is 2.55 bits per heavy atom. The van der Waals surface area contributed by atoms with Gasteiger partial charge in [0.05, 0.1) is 12.6 Å². The SMILES string of the molecule is CCCCOc1ccc([C@@H](O)[C@@H](CN2CC[C@@H](F)C2)NC(=O)CCCCCCCOC)cc1. The third-order valence-electron chi connectivity index (χ3n) is 6.14. The average molecular weight is 467 g/mol. The van der Waals surface area contributed by atoms with E-state index in [1.165, 1.54) is 0 Å². The van der Waals surface area contributed by atoms with Crippen molar-refractivity contribution < 1.29 is 23.8 Å². The molecule has 7 heteroatoms. The molecule has 1 aromatic carbocycles. The summed E-state index contributed by atoms with van der Waals surface area (Å²) in [5.74, 6) is 0.705. The Morgan fingerprint density at radius 1 is 1.15 bits per heavy atom. The van der Waals surface area contributed by atoms with E-state index in [1.807, 2.05) is 29.2 Å². The molecule has 0 unspecified atom stereocenters. The van der Waals surface area contributed by atoms with Crippen LogP contribution < -0.4 is 10.1 Å². The van der Waals surface area contributed by atoms with Crippen LogP contribution in [-0.4, -0.2) is 68.1 Å². The number of likely N-dealkylation sites (tertiary alicyclic amines) is 1. The van der Waals surface area contributed by atoms with Crippen LogP contribution in [0.4, 0.5) is 4.39 Å². The van der Waals surface area contributed by atoms with Crippen LogP contribution in [0.3, 0.4) is 0 Å². The zero-order chi connectivity index (χ0) is 23.9. The van der Waals surface area contributed by atoms with Crippen LogP contribution in [0, 0.1) is 0 Å². The third kappa shape index (κ3) is 10.8. The number of alkyl halides is 1. The van der Waals surface area contributed by atoms with Gasteiger partial charge in [0, 0.05) is 39.8 Å². The Morgan fingerprint density at radius 2 is 1.88 bits per heavy atom. The molecule has 1 fully saturated rings. The Kier molecular flexibility index (Phi) is 13.4. The zero-order valence-electron chi connectivity index (χ0n) is 20.4. The molecule has 1 aliphatic heterocycles. The Bertz CT molecular complexity index is 658. The van der Waals surface area contributed by atoms with Crippen LogP contribution in [-0.2, 0) is 9.53 Å². The van der Waals surface area contributed by atoms with Crippen molar-refractivity contribution in [1.29, 1.82) is 0 Å². The quantitative estimate of drug-likeness (QED) is 0.333. The zero-order valence-corrected chi connectivity index (χ0v) is 20.4. The fraction of sp³-hybridized carbons (Fsp3) is 0.731. The Balaban J connectivity index is 1.89. The van der Waals surface area contributed by atoms with Gasteiger partial charge in [-0.2, -0.15) is 0 Å². The number of hydrogen-bond donors (Lipinski definition) is 2. The molecule has 1 amide bonds. The lowest BCUT2D eigenvalue weighted by atomic mass is 10.0. The van der Waals surface area contributed by atoms with Crippen LogP contribution in [0.15, 0.2) is 24.3 Å². The Labute approximate surface area is 198 Å². The number of nitrogens with zero attached hydrogens (tertiary/aromatic N) is 1. The van der Waals surface area contributed by atoms with E-state index < -0.39 is 18.3 Å². The van der Waals surface area contributed by atoms with Crippen LogP contribution in [0.5, 0.6) is 5.75 Å². The summed E-state index contributed by atoms with van der Waals surface area (Å²) in [7, 11) is 1.71. The van der Waals surface area contributed by atoms with Crippen molar-refractivity contribution in [3.05, 3.63) is 29.8 Å². The standard InChI is InChI=1S/C26H43FN2O4/c1-3-4-18-33-23-13-11-21(12-14-23)26(31)24(20-29-16-15-22(27)19-29)28-25(30)10-8-6-5-7-9-17-32-2/h11-14,22,24,26,31H,3-10,15-20H2,1-2H3,(H,28,30)/t22-,24-,26-/m1/s1. The van der Waals surface area contributed by atoms with Crippen LogP contribution in [0.25, 0.3) is 0 Å². The minimum Gasteiger partial charge on any atom is -0.494 e. The fourth-order valence-corrected chi connectivity index (χ4v) is 4.12. The molecule has 1 aromatic rings. The van der Waals surface area contributed by atoms with Crippen LogP contribution in [0.2, 0.25) is 0 Å². The summed E-state index contributed by atoms with van der Waals surface area (Å²) in [6.07, 6.45) is 6.36. The molecule has 3 atom stereocenters. The molecule has 33 heavy (non-hydrogen) atoms. The van der Waals surface area contributed by atoms with E-state index in [9.17, 15) is 14.3 Å². The molecule has 2 rings (SSSR count). The molecular weight excluding hydrogens is 423 g/mol. The summed E-state index contributed by atoms with van der Waals surface area (Å²) >= 11 is 0. The number of carbonyl (C=O) groups excluding carboxylic acids is 1. The highest BCUT2D eigenvalue weighted by Crippen LogP contribution is 2.23. The third-order valence-corrected chi connectivity index (χ3v) is 6.14. The van der Waals surface area contributed by atoms with Gasteiger partial charge < -0.3 is 19.9 Å². The summed E-state index contributed by atoms with van der Waals surface area (Å²) in [6, 6.07) is 6.89. The minimum absolute atomic E-state index is 0.0635. The number of carbonyl (C=O) groups is 1. The van der Waals surface area contributed by atoms with Crippen molar-refractivity contribution in [2.45, 2.75) is 83.0 Å². The largest absolute Gasteiger partial charge is 0.494 e. The summed E-state index contributed by atoms with van der Waals surface area (Å²) in [5, 5.41) is 14.1. The number of nitrogens with one attached hydrogen (secondary N) is 1. The second kappa shape index (κ2) is 16.0.